The molecule has 0 aromatic heterocycles. The van der Waals surface area contributed by atoms with E-state index in [4.69, 9.17) is 16.3 Å². The molecule has 0 aliphatic rings. The van der Waals surface area contributed by atoms with Crippen molar-refractivity contribution in [2.45, 2.75) is 6.92 Å². The van der Waals surface area contributed by atoms with Gasteiger partial charge in [-0.15, -0.1) is 0 Å². The Balaban J connectivity index is 2.54. The molecule has 0 aliphatic carbocycles. The summed E-state index contributed by atoms with van der Waals surface area (Å²) in [4.78, 5) is 12.3. The number of hydrogen-bond donors (Lipinski definition) is 1. The van der Waals surface area contributed by atoms with Gasteiger partial charge < -0.3 is 9.84 Å². The SMILES string of the molecule is COc1cc(O)c(C(=O)c2ccc(C)cc2F)c(Cl)c1. The third kappa shape index (κ3) is 2.60. The summed E-state index contributed by atoms with van der Waals surface area (Å²) in [5, 5.41) is 9.88. The van der Waals surface area contributed by atoms with Crippen LogP contribution in [0.1, 0.15) is 21.5 Å². The van der Waals surface area contributed by atoms with Crippen LogP contribution in [-0.4, -0.2) is 18.0 Å². The second kappa shape index (κ2) is 5.51. The number of aromatic hydroxyl groups is 1. The quantitative estimate of drug-likeness (QED) is 0.877. The zero-order valence-corrected chi connectivity index (χ0v) is 11.7. The van der Waals surface area contributed by atoms with Crippen molar-refractivity contribution < 1.29 is 19.0 Å². The number of ketones is 1. The normalized spacial score (nSPS) is 10.4. The predicted octanol–water partition coefficient (Wildman–Crippen LogP) is 3.73. The van der Waals surface area contributed by atoms with E-state index in [0.29, 0.717) is 11.3 Å². The molecular formula is C15H12ClFO3. The summed E-state index contributed by atoms with van der Waals surface area (Å²) < 4.78 is 18.8. The molecule has 0 radical (unpaired) electrons. The van der Waals surface area contributed by atoms with Crippen molar-refractivity contribution in [3.8, 4) is 11.5 Å². The third-order valence-electron chi connectivity index (χ3n) is 2.87. The second-order valence-corrected chi connectivity index (χ2v) is 4.72. The molecule has 0 unspecified atom stereocenters. The van der Waals surface area contributed by atoms with Crippen LogP contribution in [0.25, 0.3) is 0 Å². The highest BCUT2D eigenvalue weighted by Crippen LogP contribution is 2.33. The van der Waals surface area contributed by atoms with Gasteiger partial charge in [0.05, 0.1) is 23.3 Å². The standard InChI is InChI=1S/C15H12ClFO3/c1-8-3-4-10(12(17)5-8)15(19)14-11(16)6-9(20-2)7-13(14)18/h3-7,18H,1-2H3. The lowest BCUT2D eigenvalue weighted by atomic mass is 10.0. The number of halogens is 2. The van der Waals surface area contributed by atoms with Crippen LogP contribution in [0.3, 0.4) is 0 Å². The Morgan fingerprint density at radius 1 is 1.30 bits per heavy atom. The number of carbonyl (C=O) groups is 1. The van der Waals surface area contributed by atoms with E-state index in [-0.39, 0.29) is 21.9 Å². The first kappa shape index (κ1) is 14.3. The van der Waals surface area contributed by atoms with Crippen LogP contribution in [0.4, 0.5) is 4.39 Å². The van der Waals surface area contributed by atoms with E-state index in [9.17, 15) is 14.3 Å². The first-order valence-electron chi connectivity index (χ1n) is 5.81. The second-order valence-electron chi connectivity index (χ2n) is 4.32. The van der Waals surface area contributed by atoms with E-state index < -0.39 is 11.6 Å². The fourth-order valence-electron chi connectivity index (χ4n) is 1.85. The van der Waals surface area contributed by atoms with Crippen molar-refractivity contribution in [3.05, 3.63) is 57.9 Å². The maximum Gasteiger partial charge on any atom is 0.201 e. The van der Waals surface area contributed by atoms with Crippen molar-refractivity contribution >= 4 is 17.4 Å². The third-order valence-corrected chi connectivity index (χ3v) is 3.17. The summed E-state index contributed by atoms with van der Waals surface area (Å²) >= 11 is 5.96. The van der Waals surface area contributed by atoms with Crippen molar-refractivity contribution in [1.29, 1.82) is 0 Å². The highest BCUT2D eigenvalue weighted by atomic mass is 35.5. The molecule has 2 aromatic rings. The molecule has 0 atom stereocenters. The molecule has 0 bridgehead atoms. The minimum Gasteiger partial charge on any atom is -0.507 e. The summed E-state index contributed by atoms with van der Waals surface area (Å²) in [6.07, 6.45) is 0. The maximum atomic E-state index is 13.8. The first-order chi connectivity index (χ1) is 9.43. The smallest absolute Gasteiger partial charge is 0.201 e. The zero-order valence-electron chi connectivity index (χ0n) is 10.9. The topological polar surface area (TPSA) is 46.5 Å². The lowest BCUT2D eigenvalue weighted by molar-refractivity contribution is 0.103. The van der Waals surface area contributed by atoms with Crippen LogP contribution in [0.2, 0.25) is 5.02 Å². The van der Waals surface area contributed by atoms with E-state index in [0.717, 1.165) is 0 Å². The molecule has 0 saturated heterocycles. The number of carbonyl (C=O) groups excluding carboxylic acids is 1. The molecule has 0 saturated carbocycles. The Kier molecular flexibility index (Phi) is 3.95. The lowest BCUT2D eigenvalue weighted by Gasteiger charge is -2.09. The zero-order chi connectivity index (χ0) is 14.9. The molecule has 20 heavy (non-hydrogen) atoms. The molecule has 0 amide bonds. The van der Waals surface area contributed by atoms with Gasteiger partial charge in [0.2, 0.25) is 5.78 Å². The molecule has 0 aliphatic heterocycles. The minimum atomic E-state index is -0.673. The Bertz CT molecular complexity index is 660. The highest BCUT2D eigenvalue weighted by Gasteiger charge is 2.21. The van der Waals surface area contributed by atoms with E-state index in [1.807, 2.05) is 0 Å². The minimum absolute atomic E-state index is 0.00632. The molecule has 2 rings (SSSR count). The van der Waals surface area contributed by atoms with Gasteiger partial charge in [0, 0.05) is 6.07 Å². The molecule has 104 valence electrons. The molecular weight excluding hydrogens is 283 g/mol. The van der Waals surface area contributed by atoms with Gasteiger partial charge in [0.15, 0.2) is 0 Å². The molecule has 2 aromatic carbocycles. The number of aryl methyl sites for hydroxylation is 1. The van der Waals surface area contributed by atoms with E-state index >= 15 is 0 Å². The molecule has 1 N–H and O–H groups in total. The van der Waals surface area contributed by atoms with Gasteiger partial charge in [-0.25, -0.2) is 4.39 Å². The summed E-state index contributed by atoms with van der Waals surface area (Å²) in [6, 6.07) is 6.88. The average molecular weight is 295 g/mol. The van der Waals surface area contributed by atoms with E-state index in [1.54, 1.807) is 13.0 Å². The van der Waals surface area contributed by atoms with Crippen LogP contribution in [0.15, 0.2) is 30.3 Å². The van der Waals surface area contributed by atoms with Crippen LogP contribution < -0.4 is 4.74 Å². The summed E-state index contributed by atoms with van der Waals surface area (Å²) in [5.74, 6) is -1.36. The van der Waals surface area contributed by atoms with Gasteiger partial charge >= 0.3 is 0 Å². The van der Waals surface area contributed by atoms with Gasteiger partial charge in [-0.1, -0.05) is 17.7 Å². The van der Waals surface area contributed by atoms with Gasteiger partial charge in [0.25, 0.3) is 0 Å². The number of hydrogen-bond acceptors (Lipinski definition) is 3. The van der Waals surface area contributed by atoms with Gasteiger partial charge in [-0.3, -0.25) is 4.79 Å². The Hall–Kier alpha value is -2.07. The first-order valence-corrected chi connectivity index (χ1v) is 6.19. The van der Waals surface area contributed by atoms with Crippen molar-refractivity contribution in [3.63, 3.8) is 0 Å². The van der Waals surface area contributed by atoms with Gasteiger partial charge in [-0.2, -0.15) is 0 Å². The van der Waals surface area contributed by atoms with Crippen molar-refractivity contribution in [2.75, 3.05) is 7.11 Å². The fourth-order valence-corrected chi connectivity index (χ4v) is 2.14. The highest BCUT2D eigenvalue weighted by molar-refractivity contribution is 6.35. The molecule has 0 heterocycles. The fraction of sp³-hybridized carbons (Fsp3) is 0.133. The number of ether oxygens (including phenoxy) is 1. The molecule has 0 spiro atoms. The molecule has 5 heteroatoms. The van der Waals surface area contributed by atoms with E-state index in [2.05, 4.69) is 0 Å². The summed E-state index contributed by atoms with van der Waals surface area (Å²) in [6.45, 7) is 1.72. The van der Waals surface area contributed by atoms with Crippen molar-refractivity contribution in [2.24, 2.45) is 0 Å². The Morgan fingerprint density at radius 2 is 2.00 bits per heavy atom. The Morgan fingerprint density at radius 3 is 2.55 bits per heavy atom. The monoisotopic (exact) mass is 294 g/mol. The van der Waals surface area contributed by atoms with Crippen LogP contribution >= 0.6 is 11.6 Å². The number of rotatable bonds is 3. The van der Waals surface area contributed by atoms with Crippen molar-refractivity contribution in [1.82, 2.24) is 0 Å². The number of phenolic OH excluding ortho intramolecular Hbond substituents is 1. The van der Waals surface area contributed by atoms with Gasteiger partial charge in [-0.05, 0) is 30.7 Å². The number of methoxy groups -OCH3 is 1. The van der Waals surface area contributed by atoms with Gasteiger partial charge in [0.1, 0.15) is 17.3 Å². The number of phenols is 1. The van der Waals surface area contributed by atoms with Crippen LogP contribution in [0, 0.1) is 12.7 Å². The predicted molar refractivity (Wildman–Crippen MR) is 74.2 cm³/mol. The summed E-state index contributed by atoms with van der Waals surface area (Å²) in [5.41, 5.74) is 0.414. The molecule has 0 fully saturated rings. The van der Waals surface area contributed by atoms with Crippen LogP contribution in [0.5, 0.6) is 11.5 Å². The lowest BCUT2D eigenvalue weighted by Crippen LogP contribution is -2.06. The Labute approximate surface area is 120 Å². The molecule has 3 nitrogen and oxygen atoms in total. The summed E-state index contributed by atoms with van der Waals surface area (Å²) in [7, 11) is 1.41. The number of benzene rings is 2. The maximum absolute atomic E-state index is 13.8. The van der Waals surface area contributed by atoms with E-state index in [1.165, 1.54) is 31.4 Å². The van der Waals surface area contributed by atoms with Crippen LogP contribution in [-0.2, 0) is 0 Å². The average Bonchev–Trinajstić information content (AvgIpc) is 2.37. The largest absolute Gasteiger partial charge is 0.507 e.